The number of carbonyl (C=O) groups is 1. The third-order valence-corrected chi connectivity index (χ3v) is 2.38. The smallest absolute Gasteiger partial charge is 0.276 e. The van der Waals surface area contributed by atoms with Crippen LogP contribution >= 0.6 is 12.6 Å². The van der Waals surface area contributed by atoms with Gasteiger partial charge in [0.15, 0.2) is 0 Å². The van der Waals surface area contributed by atoms with Crippen LogP contribution < -0.4 is 11.1 Å². The summed E-state index contributed by atoms with van der Waals surface area (Å²) in [4.78, 5) is 10.7. The van der Waals surface area contributed by atoms with E-state index in [4.69, 9.17) is 5.73 Å². The quantitative estimate of drug-likeness (QED) is 0.443. The summed E-state index contributed by atoms with van der Waals surface area (Å²) in [5.41, 5.74) is 5.90. The molecule has 1 aliphatic rings. The molecule has 1 amide bonds. The molecule has 0 aliphatic heterocycles. The largest absolute Gasteiger partial charge is 0.339 e. The van der Waals surface area contributed by atoms with Gasteiger partial charge in [-0.3, -0.25) is 4.79 Å². The van der Waals surface area contributed by atoms with Crippen molar-refractivity contribution in [3.63, 3.8) is 0 Å². The second kappa shape index (κ2) is 5.29. The van der Waals surface area contributed by atoms with E-state index < -0.39 is 0 Å². The monoisotopic (exact) mass is 200 g/mol. The molecule has 3 N–H and O–H groups in total. The molecule has 13 heavy (non-hydrogen) atoms. The van der Waals surface area contributed by atoms with E-state index in [1.807, 2.05) is 6.08 Å². The van der Waals surface area contributed by atoms with Crippen LogP contribution in [0.4, 0.5) is 4.79 Å². The minimum atomic E-state index is -0.314. The van der Waals surface area contributed by atoms with Gasteiger partial charge in [0.05, 0.1) is 6.04 Å². The van der Waals surface area contributed by atoms with Crippen molar-refractivity contribution in [3.05, 3.63) is 12.2 Å². The average Bonchev–Trinajstić information content (AvgIpc) is 2.04. The molecule has 0 saturated heterocycles. The second-order valence-electron chi connectivity index (χ2n) is 3.35. The van der Waals surface area contributed by atoms with Crippen molar-refractivity contribution in [2.24, 2.45) is 5.73 Å². The number of nitrogens with two attached hydrogens (primary N) is 1. The zero-order valence-corrected chi connectivity index (χ0v) is 8.47. The molecule has 1 aliphatic carbocycles. The molecule has 0 aromatic carbocycles. The van der Waals surface area contributed by atoms with Crippen LogP contribution in [0, 0.1) is 0 Å². The maximum atomic E-state index is 10.7. The van der Waals surface area contributed by atoms with E-state index in [0.717, 1.165) is 19.3 Å². The Hall–Kier alpha value is -0.480. The first-order valence-electron chi connectivity index (χ1n) is 4.62. The minimum Gasteiger partial charge on any atom is -0.339 e. The van der Waals surface area contributed by atoms with Crippen LogP contribution in [0.15, 0.2) is 12.2 Å². The molecule has 2 atom stereocenters. The Morgan fingerprint density at radius 3 is 3.00 bits per heavy atom. The molecule has 74 valence electrons. The van der Waals surface area contributed by atoms with Crippen LogP contribution in [0.1, 0.15) is 25.7 Å². The van der Waals surface area contributed by atoms with Crippen molar-refractivity contribution < 1.29 is 4.79 Å². The van der Waals surface area contributed by atoms with Crippen molar-refractivity contribution in [2.75, 3.05) is 0 Å². The Morgan fingerprint density at radius 1 is 1.54 bits per heavy atom. The molecular formula is C9H16N2OS. The maximum absolute atomic E-state index is 10.7. The lowest BCUT2D eigenvalue weighted by molar-refractivity contribution is 0.257. The van der Waals surface area contributed by atoms with Gasteiger partial charge < -0.3 is 11.1 Å². The number of carbonyl (C=O) groups excluding carboxylic acids is 1. The fourth-order valence-electron chi connectivity index (χ4n) is 1.51. The molecule has 0 spiro atoms. The fourth-order valence-corrected chi connectivity index (χ4v) is 1.65. The lowest BCUT2D eigenvalue weighted by Crippen LogP contribution is -2.45. The van der Waals surface area contributed by atoms with Gasteiger partial charge >= 0.3 is 0 Å². The lowest BCUT2D eigenvalue weighted by atomic mass is 9.98. The van der Waals surface area contributed by atoms with Crippen molar-refractivity contribution in [3.8, 4) is 0 Å². The highest BCUT2D eigenvalue weighted by Gasteiger charge is 2.16. The molecule has 0 fully saturated rings. The maximum Gasteiger partial charge on any atom is 0.276 e. The number of thiol groups is 1. The Balaban J connectivity index is 2.54. The van der Waals surface area contributed by atoms with Crippen molar-refractivity contribution in [1.82, 2.24) is 5.32 Å². The topological polar surface area (TPSA) is 55.1 Å². The van der Waals surface area contributed by atoms with E-state index in [1.54, 1.807) is 0 Å². The van der Waals surface area contributed by atoms with E-state index in [0.29, 0.717) is 0 Å². The summed E-state index contributed by atoms with van der Waals surface area (Å²) < 4.78 is 0. The van der Waals surface area contributed by atoms with Gasteiger partial charge in [-0.2, -0.15) is 0 Å². The van der Waals surface area contributed by atoms with Crippen LogP contribution in [-0.4, -0.2) is 17.3 Å². The van der Waals surface area contributed by atoms with Gasteiger partial charge in [-0.05, 0) is 19.3 Å². The summed E-state index contributed by atoms with van der Waals surface area (Å²) in [5, 5.41) is 2.40. The SMILES string of the molecule is N[C@@H]1CCCC/C=C/[C@@H]1NC(=O)S. The molecule has 0 aromatic heterocycles. The van der Waals surface area contributed by atoms with Crippen LogP contribution in [-0.2, 0) is 0 Å². The normalized spacial score (nSPS) is 31.5. The van der Waals surface area contributed by atoms with Gasteiger partial charge in [0.2, 0.25) is 0 Å². The molecule has 1 rings (SSSR count). The zero-order chi connectivity index (χ0) is 9.68. The van der Waals surface area contributed by atoms with Gasteiger partial charge in [0.25, 0.3) is 5.24 Å². The van der Waals surface area contributed by atoms with Crippen LogP contribution in [0.25, 0.3) is 0 Å². The molecule has 0 radical (unpaired) electrons. The Bertz CT molecular complexity index is 206. The molecule has 4 heteroatoms. The van der Waals surface area contributed by atoms with Gasteiger partial charge in [-0.1, -0.05) is 31.2 Å². The van der Waals surface area contributed by atoms with Gasteiger partial charge in [0.1, 0.15) is 0 Å². The average molecular weight is 200 g/mol. The zero-order valence-electron chi connectivity index (χ0n) is 7.57. The Kier molecular flexibility index (Phi) is 4.32. The highest BCUT2D eigenvalue weighted by molar-refractivity contribution is 7.96. The van der Waals surface area contributed by atoms with E-state index in [-0.39, 0.29) is 17.3 Å². The molecule has 3 nitrogen and oxygen atoms in total. The van der Waals surface area contributed by atoms with Crippen LogP contribution in [0.2, 0.25) is 0 Å². The molecule has 0 heterocycles. The summed E-state index contributed by atoms with van der Waals surface area (Å²) in [7, 11) is 0. The number of allylic oxidation sites excluding steroid dienone is 1. The number of rotatable bonds is 1. The van der Waals surface area contributed by atoms with Gasteiger partial charge in [-0.15, -0.1) is 0 Å². The minimum absolute atomic E-state index is 0.0210. The molecule has 0 aromatic rings. The predicted molar refractivity (Wildman–Crippen MR) is 56.9 cm³/mol. The second-order valence-corrected chi connectivity index (χ2v) is 3.76. The fraction of sp³-hybridized carbons (Fsp3) is 0.667. The third-order valence-electron chi connectivity index (χ3n) is 2.25. The Labute approximate surface area is 84.2 Å². The lowest BCUT2D eigenvalue weighted by Gasteiger charge is -2.22. The standard InChI is InChI=1S/C9H16N2OS/c10-7-5-3-1-2-4-6-8(7)11-9(12)13/h4,6-8H,1-3,5,10H2,(H2,11,12,13)/b6-4+/t7-,8+/m1/s1. The summed E-state index contributed by atoms with van der Waals surface area (Å²) in [5.74, 6) is 0. The first-order chi connectivity index (χ1) is 6.20. The molecule has 0 unspecified atom stereocenters. The van der Waals surface area contributed by atoms with Crippen molar-refractivity contribution in [2.45, 2.75) is 37.8 Å². The van der Waals surface area contributed by atoms with E-state index in [2.05, 4.69) is 24.0 Å². The van der Waals surface area contributed by atoms with E-state index >= 15 is 0 Å². The molecular weight excluding hydrogens is 184 g/mol. The van der Waals surface area contributed by atoms with Crippen molar-refractivity contribution in [1.29, 1.82) is 0 Å². The summed E-state index contributed by atoms with van der Waals surface area (Å²) in [6.45, 7) is 0. The first kappa shape index (κ1) is 10.6. The summed E-state index contributed by atoms with van der Waals surface area (Å²) in [6, 6.07) is -0.0297. The number of hydrogen-bond donors (Lipinski definition) is 3. The first-order valence-corrected chi connectivity index (χ1v) is 5.06. The van der Waals surface area contributed by atoms with Crippen LogP contribution in [0.5, 0.6) is 0 Å². The molecule has 0 saturated carbocycles. The Morgan fingerprint density at radius 2 is 2.31 bits per heavy atom. The predicted octanol–water partition coefficient (Wildman–Crippen LogP) is 1.45. The highest BCUT2D eigenvalue weighted by atomic mass is 32.1. The number of nitrogens with one attached hydrogen (secondary N) is 1. The van der Waals surface area contributed by atoms with Crippen molar-refractivity contribution >= 4 is 17.9 Å². The van der Waals surface area contributed by atoms with Crippen LogP contribution in [0.3, 0.4) is 0 Å². The highest BCUT2D eigenvalue weighted by Crippen LogP contribution is 2.11. The van der Waals surface area contributed by atoms with Gasteiger partial charge in [-0.25, -0.2) is 0 Å². The summed E-state index contributed by atoms with van der Waals surface area (Å²) >= 11 is 3.67. The van der Waals surface area contributed by atoms with E-state index in [9.17, 15) is 4.79 Å². The summed E-state index contributed by atoms with van der Waals surface area (Å²) in [6.07, 6.45) is 8.40. The number of hydrogen-bond acceptors (Lipinski definition) is 2. The molecule has 0 bridgehead atoms. The third kappa shape index (κ3) is 3.83. The van der Waals surface area contributed by atoms with E-state index in [1.165, 1.54) is 6.42 Å². The van der Waals surface area contributed by atoms with Gasteiger partial charge in [0, 0.05) is 6.04 Å². The number of amides is 1.